The Bertz CT molecular complexity index is 987. The molecule has 6 heteroatoms. The van der Waals surface area contributed by atoms with Crippen molar-refractivity contribution in [1.29, 1.82) is 0 Å². The molecule has 0 radical (unpaired) electrons. The minimum absolute atomic E-state index is 0.0665. The Balaban J connectivity index is 1.70. The van der Waals surface area contributed by atoms with Crippen molar-refractivity contribution in [3.05, 3.63) is 54.1 Å². The lowest BCUT2D eigenvalue weighted by molar-refractivity contribution is 0.0986. The monoisotopic (exact) mass is 376 g/mol. The summed E-state index contributed by atoms with van der Waals surface area (Å²) in [6, 6.07) is 15.1. The van der Waals surface area contributed by atoms with Gasteiger partial charge in [0.15, 0.2) is 11.6 Å². The van der Waals surface area contributed by atoms with E-state index in [1.807, 2.05) is 55.6 Å². The average Bonchev–Trinajstić information content (AvgIpc) is 2.89. The number of para-hydroxylation sites is 2. The van der Waals surface area contributed by atoms with E-state index in [0.717, 1.165) is 42.0 Å². The van der Waals surface area contributed by atoms with E-state index in [1.165, 1.54) is 0 Å². The molecule has 1 aromatic heterocycles. The van der Waals surface area contributed by atoms with Crippen molar-refractivity contribution in [2.24, 2.45) is 0 Å². The van der Waals surface area contributed by atoms with E-state index in [0.29, 0.717) is 24.5 Å². The third-order valence-corrected chi connectivity index (χ3v) is 4.85. The fraction of sp³-hybridized carbons (Fsp3) is 0.318. The van der Waals surface area contributed by atoms with Gasteiger partial charge in [-0.25, -0.2) is 9.97 Å². The van der Waals surface area contributed by atoms with Crippen molar-refractivity contribution in [3.8, 4) is 5.75 Å². The summed E-state index contributed by atoms with van der Waals surface area (Å²) in [6.45, 7) is 4.17. The summed E-state index contributed by atoms with van der Waals surface area (Å²) in [6.07, 6.45) is 1.81. The third kappa shape index (κ3) is 3.50. The maximum absolute atomic E-state index is 13.3. The molecule has 6 nitrogen and oxygen atoms in total. The molecule has 2 aromatic carbocycles. The van der Waals surface area contributed by atoms with Crippen LogP contribution < -0.4 is 14.5 Å². The van der Waals surface area contributed by atoms with E-state index in [9.17, 15) is 4.79 Å². The van der Waals surface area contributed by atoms with Crippen LogP contribution in [0.2, 0.25) is 0 Å². The van der Waals surface area contributed by atoms with Gasteiger partial charge in [0.1, 0.15) is 5.75 Å². The van der Waals surface area contributed by atoms with Gasteiger partial charge in [-0.3, -0.25) is 9.69 Å². The predicted molar refractivity (Wildman–Crippen MR) is 111 cm³/mol. The molecular formula is C22H24N4O2. The summed E-state index contributed by atoms with van der Waals surface area (Å²) < 4.78 is 5.62. The minimum Gasteiger partial charge on any atom is -0.494 e. The van der Waals surface area contributed by atoms with Crippen LogP contribution in [0.3, 0.4) is 0 Å². The molecule has 1 amide bonds. The van der Waals surface area contributed by atoms with E-state index in [1.54, 1.807) is 4.90 Å². The highest BCUT2D eigenvalue weighted by Crippen LogP contribution is 2.31. The van der Waals surface area contributed by atoms with Crippen molar-refractivity contribution >= 4 is 28.6 Å². The average molecular weight is 376 g/mol. The molecule has 0 saturated carbocycles. The van der Waals surface area contributed by atoms with E-state index in [-0.39, 0.29) is 5.91 Å². The second-order valence-electron chi connectivity index (χ2n) is 6.96. The van der Waals surface area contributed by atoms with Crippen LogP contribution >= 0.6 is 0 Å². The number of aromatic nitrogens is 2. The van der Waals surface area contributed by atoms with Crippen LogP contribution in [0.4, 0.5) is 11.6 Å². The number of hydrogen-bond acceptors (Lipinski definition) is 5. The molecule has 2 heterocycles. The van der Waals surface area contributed by atoms with Crippen LogP contribution in [0, 0.1) is 0 Å². The van der Waals surface area contributed by atoms with Gasteiger partial charge in [-0.05, 0) is 49.2 Å². The molecule has 1 aliphatic heterocycles. The maximum atomic E-state index is 13.3. The van der Waals surface area contributed by atoms with Crippen LogP contribution in [-0.4, -0.2) is 42.6 Å². The summed E-state index contributed by atoms with van der Waals surface area (Å²) in [5.41, 5.74) is 2.24. The van der Waals surface area contributed by atoms with E-state index < -0.39 is 0 Å². The fourth-order valence-electron chi connectivity index (χ4n) is 3.36. The standard InChI is InChI=1S/C22H24N4O2/c1-3-15-28-17-11-9-16(10-12-17)22(27)26-14-6-13-25(2)20-21(26)24-19-8-5-4-7-18(19)23-20/h4-5,7-12H,3,6,13-15H2,1-2H3. The van der Waals surface area contributed by atoms with Crippen molar-refractivity contribution in [1.82, 2.24) is 9.97 Å². The molecule has 0 aliphatic carbocycles. The molecule has 0 bridgehead atoms. The van der Waals surface area contributed by atoms with E-state index >= 15 is 0 Å². The van der Waals surface area contributed by atoms with Gasteiger partial charge in [0, 0.05) is 25.7 Å². The van der Waals surface area contributed by atoms with Crippen molar-refractivity contribution < 1.29 is 9.53 Å². The number of carbonyl (C=O) groups excluding carboxylic acids is 1. The molecule has 0 atom stereocenters. The summed E-state index contributed by atoms with van der Waals surface area (Å²) in [7, 11) is 2.00. The van der Waals surface area contributed by atoms with Gasteiger partial charge < -0.3 is 9.64 Å². The Kier molecular flexibility index (Phi) is 5.10. The zero-order valence-corrected chi connectivity index (χ0v) is 16.3. The number of anilines is 2. The zero-order valence-electron chi connectivity index (χ0n) is 16.3. The number of hydrogen-bond donors (Lipinski definition) is 0. The van der Waals surface area contributed by atoms with Crippen LogP contribution in [0.25, 0.3) is 11.0 Å². The first kappa shape index (κ1) is 18.2. The highest BCUT2D eigenvalue weighted by Gasteiger charge is 2.27. The van der Waals surface area contributed by atoms with Gasteiger partial charge in [0.05, 0.1) is 17.6 Å². The number of carbonyl (C=O) groups is 1. The van der Waals surface area contributed by atoms with Crippen molar-refractivity contribution in [2.75, 3.05) is 36.5 Å². The number of amides is 1. The lowest BCUT2D eigenvalue weighted by atomic mass is 10.2. The van der Waals surface area contributed by atoms with Crippen LogP contribution in [0.15, 0.2) is 48.5 Å². The molecule has 1 aliphatic rings. The normalized spacial score (nSPS) is 13.9. The van der Waals surface area contributed by atoms with Crippen molar-refractivity contribution in [3.63, 3.8) is 0 Å². The Hall–Kier alpha value is -3.15. The van der Waals surface area contributed by atoms with Gasteiger partial charge in [-0.2, -0.15) is 0 Å². The van der Waals surface area contributed by atoms with Crippen molar-refractivity contribution in [2.45, 2.75) is 19.8 Å². The van der Waals surface area contributed by atoms with Crippen LogP contribution in [0.5, 0.6) is 5.75 Å². The van der Waals surface area contributed by atoms with Crippen LogP contribution in [-0.2, 0) is 0 Å². The highest BCUT2D eigenvalue weighted by molar-refractivity contribution is 6.07. The largest absolute Gasteiger partial charge is 0.494 e. The second kappa shape index (κ2) is 7.84. The molecule has 0 fully saturated rings. The van der Waals surface area contributed by atoms with Gasteiger partial charge in [0.2, 0.25) is 0 Å². The molecule has 0 N–H and O–H groups in total. The first-order valence-electron chi connectivity index (χ1n) is 9.70. The zero-order chi connectivity index (χ0) is 19.5. The molecule has 0 unspecified atom stereocenters. The maximum Gasteiger partial charge on any atom is 0.259 e. The Labute approximate surface area is 164 Å². The first-order valence-corrected chi connectivity index (χ1v) is 9.70. The SMILES string of the molecule is CCCOc1ccc(C(=O)N2CCCN(C)c3nc4ccccc4nc32)cc1. The lowest BCUT2D eigenvalue weighted by Gasteiger charge is -2.23. The number of ether oxygens (including phenoxy) is 1. The minimum atomic E-state index is -0.0665. The smallest absolute Gasteiger partial charge is 0.259 e. The summed E-state index contributed by atoms with van der Waals surface area (Å²) in [5, 5.41) is 0. The lowest BCUT2D eigenvalue weighted by Crippen LogP contribution is -2.32. The van der Waals surface area contributed by atoms with Gasteiger partial charge in [-0.1, -0.05) is 19.1 Å². The number of rotatable bonds is 4. The summed E-state index contributed by atoms with van der Waals surface area (Å²) >= 11 is 0. The fourth-order valence-corrected chi connectivity index (χ4v) is 3.36. The highest BCUT2D eigenvalue weighted by atomic mass is 16.5. The Morgan fingerprint density at radius 3 is 2.36 bits per heavy atom. The molecular weight excluding hydrogens is 352 g/mol. The Morgan fingerprint density at radius 2 is 1.68 bits per heavy atom. The molecule has 3 aromatic rings. The Morgan fingerprint density at radius 1 is 1.00 bits per heavy atom. The molecule has 4 rings (SSSR count). The molecule has 0 spiro atoms. The third-order valence-electron chi connectivity index (χ3n) is 4.85. The predicted octanol–water partition coefficient (Wildman–Crippen LogP) is 3.91. The van der Waals surface area contributed by atoms with Gasteiger partial charge >= 0.3 is 0 Å². The van der Waals surface area contributed by atoms with Gasteiger partial charge in [0.25, 0.3) is 5.91 Å². The van der Waals surface area contributed by atoms with E-state index in [2.05, 4.69) is 11.8 Å². The quantitative estimate of drug-likeness (QED) is 0.691. The second-order valence-corrected chi connectivity index (χ2v) is 6.96. The molecule has 0 saturated heterocycles. The number of benzene rings is 2. The topological polar surface area (TPSA) is 58.6 Å². The molecule has 144 valence electrons. The summed E-state index contributed by atoms with van der Waals surface area (Å²) in [4.78, 5) is 26.7. The van der Waals surface area contributed by atoms with E-state index in [4.69, 9.17) is 14.7 Å². The number of fused-ring (bicyclic) bond motifs is 2. The van der Waals surface area contributed by atoms with Gasteiger partial charge in [-0.15, -0.1) is 0 Å². The van der Waals surface area contributed by atoms with Crippen LogP contribution in [0.1, 0.15) is 30.1 Å². The molecule has 28 heavy (non-hydrogen) atoms. The summed E-state index contributed by atoms with van der Waals surface area (Å²) in [5.74, 6) is 2.07. The first-order chi connectivity index (χ1) is 13.7. The number of nitrogens with zero attached hydrogens (tertiary/aromatic N) is 4.